The molecule has 74 valence electrons. The van der Waals surface area contributed by atoms with Gasteiger partial charge in [-0.05, 0) is 6.92 Å². The van der Waals surface area contributed by atoms with E-state index in [1.165, 1.54) is 7.11 Å². The minimum atomic E-state index is -2.87. The zero-order valence-electron chi connectivity index (χ0n) is 7.20. The van der Waals surface area contributed by atoms with Crippen LogP contribution in [-0.2, 0) is 9.53 Å². The normalized spacial score (nSPS) is 27.5. The number of rotatable bonds is 2. The summed E-state index contributed by atoms with van der Waals surface area (Å²) in [6.45, 7) is 1.62. The van der Waals surface area contributed by atoms with Gasteiger partial charge in [0, 0.05) is 6.54 Å². The highest BCUT2D eigenvalue weighted by atomic mass is 19.2. The monoisotopic (exact) mass is 193 g/mol. The van der Waals surface area contributed by atoms with Gasteiger partial charge in [-0.15, -0.1) is 0 Å². The number of hydrogen-bond donors (Lipinski definition) is 0. The maximum absolute atomic E-state index is 13.5. The smallest absolute Gasteiger partial charge is 0.364 e. The molecule has 0 radical (unpaired) electrons. The van der Waals surface area contributed by atoms with Gasteiger partial charge < -0.3 is 4.74 Å². The van der Waals surface area contributed by atoms with Crippen LogP contribution in [0.25, 0.3) is 0 Å². The summed E-state index contributed by atoms with van der Waals surface area (Å²) in [6, 6.07) is -0.264. The quantitative estimate of drug-likeness (QED) is 0.358. The zero-order chi connectivity index (χ0) is 10.1. The summed E-state index contributed by atoms with van der Waals surface area (Å²) in [5.74, 6) is -2.87. The largest absolute Gasteiger partial charge is 0.467 e. The minimum Gasteiger partial charge on any atom is -0.467 e. The van der Waals surface area contributed by atoms with Gasteiger partial charge in [0.15, 0.2) is 0 Å². The fourth-order valence-corrected chi connectivity index (χ4v) is 1.05. The third kappa shape index (κ3) is 1.20. The number of carbonyl (C=O) groups is 1. The molecule has 0 amide bonds. The van der Waals surface area contributed by atoms with Crippen molar-refractivity contribution in [3.63, 3.8) is 0 Å². The molecule has 1 atom stereocenters. The van der Waals surface area contributed by atoms with Gasteiger partial charge in [0.25, 0.3) is 0 Å². The Morgan fingerprint density at radius 1 is 1.77 bits per heavy atom. The molecular formula is C6H9F2N3O2. The molecule has 1 unspecified atom stereocenters. The summed E-state index contributed by atoms with van der Waals surface area (Å²) in [5.41, 5.74) is 0. The van der Waals surface area contributed by atoms with E-state index in [1.54, 1.807) is 6.92 Å². The molecule has 0 aromatic carbocycles. The lowest BCUT2D eigenvalue weighted by Gasteiger charge is -2.26. The standard InChI is InChI=1S/C6H9F2N3O2/c1-3-10-5(13-2)9-11(8)6(10,7)4-12/h4H,3H2,1-2H3. The number of carbonyl (C=O) groups excluding carboxylic acids is 1. The van der Waals surface area contributed by atoms with Crippen LogP contribution in [-0.4, -0.2) is 42.0 Å². The Bertz CT molecular complexity index is 248. The van der Waals surface area contributed by atoms with E-state index in [2.05, 4.69) is 9.84 Å². The van der Waals surface area contributed by atoms with Crippen LogP contribution >= 0.6 is 0 Å². The first kappa shape index (κ1) is 9.69. The molecule has 7 heteroatoms. The fourth-order valence-electron chi connectivity index (χ4n) is 1.05. The summed E-state index contributed by atoms with van der Waals surface area (Å²) in [5, 5.41) is 2.50. The highest BCUT2D eigenvalue weighted by molar-refractivity contribution is 5.81. The average molecular weight is 193 g/mol. The highest BCUT2D eigenvalue weighted by Gasteiger charge is 2.51. The minimum absolute atomic E-state index is 0.0718. The van der Waals surface area contributed by atoms with Crippen molar-refractivity contribution in [2.24, 2.45) is 5.10 Å². The number of halogens is 2. The van der Waals surface area contributed by atoms with Gasteiger partial charge in [0.1, 0.15) is 0 Å². The van der Waals surface area contributed by atoms with Crippen molar-refractivity contribution in [1.29, 1.82) is 0 Å². The molecule has 0 aliphatic carbocycles. The molecule has 5 nitrogen and oxygen atoms in total. The predicted octanol–water partition coefficient (Wildman–Crippen LogP) is 0.248. The van der Waals surface area contributed by atoms with E-state index in [0.29, 0.717) is 0 Å². The van der Waals surface area contributed by atoms with E-state index in [-0.39, 0.29) is 18.9 Å². The maximum atomic E-state index is 13.5. The molecule has 0 bridgehead atoms. The molecule has 1 heterocycles. The molecule has 13 heavy (non-hydrogen) atoms. The molecule has 0 N–H and O–H groups in total. The van der Waals surface area contributed by atoms with Crippen molar-refractivity contribution in [1.82, 2.24) is 10.1 Å². The van der Waals surface area contributed by atoms with Crippen LogP contribution < -0.4 is 0 Å². The van der Waals surface area contributed by atoms with Crippen LogP contribution in [0.5, 0.6) is 0 Å². The third-order valence-corrected chi connectivity index (χ3v) is 1.69. The lowest BCUT2D eigenvalue weighted by molar-refractivity contribution is -0.192. The Morgan fingerprint density at radius 3 is 2.77 bits per heavy atom. The van der Waals surface area contributed by atoms with E-state index < -0.39 is 11.1 Å². The predicted molar refractivity (Wildman–Crippen MR) is 39.7 cm³/mol. The summed E-state index contributed by atoms with van der Waals surface area (Å²) in [7, 11) is 1.21. The lowest BCUT2D eigenvalue weighted by Crippen LogP contribution is -2.51. The van der Waals surface area contributed by atoms with Crippen LogP contribution in [0.2, 0.25) is 0 Å². The second kappa shape index (κ2) is 3.15. The van der Waals surface area contributed by atoms with Crippen molar-refractivity contribution in [3.05, 3.63) is 0 Å². The second-order valence-electron chi connectivity index (χ2n) is 2.35. The first-order chi connectivity index (χ1) is 6.10. The Morgan fingerprint density at radius 2 is 2.38 bits per heavy atom. The first-order valence-corrected chi connectivity index (χ1v) is 3.61. The molecular weight excluding hydrogens is 184 g/mol. The SMILES string of the molecule is CCN1C(OC)=NN(F)C1(F)C=O. The summed E-state index contributed by atoms with van der Waals surface area (Å²) < 4.78 is 30.8. The number of aldehydes is 1. The number of ether oxygens (including phenoxy) is 1. The molecule has 0 aromatic heterocycles. The van der Waals surface area contributed by atoms with Gasteiger partial charge in [-0.2, -0.15) is 4.39 Å². The maximum Gasteiger partial charge on any atom is 0.364 e. The fraction of sp³-hybridized carbons (Fsp3) is 0.667. The van der Waals surface area contributed by atoms with Crippen molar-refractivity contribution in [2.45, 2.75) is 12.8 Å². The van der Waals surface area contributed by atoms with E-state index in [1.807, 2.05) is 0 Å². The number of likely N-dealkylation sites (N-methyl/N-ethyl adjacent to an activating group) is 1. The van der Waals surface area contributed by atoms with Crippen LogP contribution in [0.4, 0.5) is 8.87 Å². The average Bonchev–Trinajstić information content (AvgIpc) is 2.39. The molecule has 1 aliphatic heterocycles. The Balaban J connectivity index is 2.98. The second-order valence-corrected chi connectivity index (χ2v) is 2.35. The van der Waals surface area contributed by atoms with Crippen LogP contribution in [0.15, 0.2) is 5.10 Å². The Kier molecular flexibility index (Phi) is 2.35. The number of alkyl halides is 1. The van der Waals surface area contributed by atoms with Crippen molar-refractivity contribution in [2.75, 3.05) is 13.7 Å². The molecule has 1 rings (SSSR count). The first-order valence-electron chi connectivity index (χ1n) is 3.61. The van der Waals surface area contributed by atoms with E-state index in [0.717, 1.165) is 4.90 Å². The summed E-state index contributed by atoms with van der Waals surface area (Å²) in [4.78, 5) is 11.1. The van der Waals surface area contributed by atoms with Gasteiger partial charge >= 0.3 is 11.9 Å². The molecule has 1 aliphatic rings. The van der Waals surface area contributed by atoms with Crippen molar-refractivity contribution in [3.8, 4) is 0 Å². The highest BCUT2D eigenvalue weighted by Crippen LogP contribution is 2.28. The number of hydrazone groups is 1. The van der Waals surface area contributed by atoms with Crippen molar-refractivity contribution < 1.29 is 18.4 Å². The summed E-state index contributed by atoms with van der Waals surface area (Å²) in [6.07, 6.45) is -0.175. The van der Waals surface area contributed by atoms with E-state index >= 15 is 0 Å². The summed E-state index contributed by atoms with van der Waals surface area (Å²) >= 11 is 0. The lowest BCUT2D eigenvalue weighted by atomic mass is 10.4. The topological polar surface area (TPSA) is 45.1 Å². The Hall–Kier alpha value is -1.40. The van der Waals surface area contributed by atoms with Crippen LogP contribution in [0.1, 0.15) is 6.92 Å². The molecule has 0 saturated heterocycles. The van der Waals surface area contributed by atoms with E-state index in [9.17, 15) is 13.7 Å². The third-order valence-electron chi connectivity index (χ3n) is 1.69. The van der Waals surface area contributed by atoms with Gasteiger partial charge in [0.2, 0.25) is 6.29 Å². The van der Waals surface area contributed by atoms with Gasteiger partial charge in [-0.3, -0.25) is 9.69 Å². The zero-order valence-corrected chi connectivity index (χ0v) is 7.20. The molecule has 0 fully saturated rings. The molecule has 0 saturated carbocycles. The number of methoxy groups -OCH3 is 1. The molecule has 0 aromatic rings. The van der Waals surface area contributed by atoms with E-state index in [4.69, 9.17) is 0 Å². The van der Waals surface area contributed by atoms with Crippen molar-refractivity contribution >= 4 is 12.3 Å². The number of amidine groups is 1. The van der Waals surface area contributed by atoms with Gasteiger partial charge in [-0.25, -0.2) is 0 Å². The molecule has 0 spiro atoms. The number of nitrogens with zero attached hydrogens (tertiary/aromatic N) is 3. The van der Waals surface area contributed by atoms with Crippen LogP contribution in [0.3, 0.4) is 0 Å². The van der Waals surface area contributed by atoms with Crippen LogP contribution in [0, 0.1) is 0 Å². The number of hydrogen-bond acceptors (Lipinski definition) is 5. The Labute approximate surface area is 73.5 Å². The van der Waals surface area contributed by atoms with Gasteiger partial charge in [-0.1, -0.05) is 14.8 Å². The van der Waals surface area contributed by atoms with Gasteiger partial charge in [0.05, 0.1) is 7.11 Å².